The first-order chi connectivity index (χ1) is 14.9. The van der Waals surface area contributed by atoms with Crippen molar-refractivity contribution in [1.29, 1.82) is 0 Å². The molecule has 5 rings (SSSR count). The van der Waals surface area contributed by atoms with Crippen molar-refractivity contribution in [2.75, 3.05) is 13.1 Å². The van der Waals surface area contributed by atoms with Crippen LogP contribution in [0.2, 0.25) is 0 Å². The van der Waals surface area contributed by atoms with Crippen molar-refractivity contribution in [1.82, 2.24) is 19.7 Å². The van der Waals surface area contributed by atoms with Crippen LogP contribution < -0.4 is 5.43 Å². The van der Waals surface area contributed by atoms with Gasteiger partial charge < -0.3 is 14.6 Å². The number of hydrogen-bond acceptors (Lipinski definition) is 6. The van der Waals surface area contributed by atoms with Gasteiger partial charge in [0.05, 0.1) is 11.6 Å². The number of aryl methyl sites for hydroxylation is 1. The lowest BCUT2D eigenvalue weighted by Crippen LogP contribution is -2.43. The van der Waals surface area contributed by atoms with Gasteiger partial charge in [-0.15, -0.1) is 10.2 Å². The fraction of sp³-hybridized carbons (Fsp3) is 0.364. The van der Waals surface area contributed by atoms with Gasteiger partial charge in [0, 0.05) is 25.7 Å². The van der Waals surface area contributed by atoms with E-state index >= 15 is 0 Å². The van der Waals surface area contributed by atoms with Crippen LogP contribution in [0.15, 0.2) is 29.2 Å². The third-order valence-electron chi connectivity index (χ3n) is 5.99. The van der Waals surface area contributed by atoms with E-state index in [-0.39, 0.29) is 35.4 Å². The Labute approximate surface area is 181 Å². The van der Waals surface area contributed by atoms with E-state index in [2.05, 4.69) is 10.2 Å². The van der Waals surface area contributed by atoms with Crippen LogP contribution in [0, 0.1) is 12.7 Å². The highest BCUT2D eigenvalue weighted by Crippen LogP contribution is 2.34. The number of hydrogen-bond donors (Lipinski definition) is 1. The zero-order chi connectivity index (χ0) is 21.7. The zero-order valence-corrected chi connectivity index (χ0v) is 17.8. The van der Waals surface area contributed by atoms with Gasteiger partial charge in [-0.1, -0.05) is 23.5 Å². The van der Waals surface area contributed by atoms with Crippen LogP contribution in [0.3, 0.4) is 0 Å². The second kappa shape index (κ2) is 7.56. The van der Waals surface area contributed by atoms with Gasteiger partial charge in [-0.3, -0.25) is 9.59 Å². The second-order valence-electron chi connectivity index (χ2n) is 8.15. The van der Waals surface area contributed by atoms with Crippen molar-refractivity contribution >= 4 is 17.2 Å². The zero-order valence-electron chi connectivity index (χ0n) is 17.0. The number of amides is 1. The molecule has 2 bridgehead atoms. The number of halogens is 1. The minimum atomic E-state index is -0.635. The molecule has 1 N–H and O–H groups in total. The molecule has 0 saturated carbocycles. The number of rotatable bonds is 3. The van der Waals surface area contributed by atoms with Crippen LogP contribution >= 0.6 is 11.3 Å². The highest BCUT2D eigenvalue weighted by molar-refractivity contribution is 7.14. The van der Waals surface area contributed by atoms with Crippen LogP contribution in [-0.2, 0) is 6.42 Å². The summed E-state index contributed by atoms with van der Waals surface area (Å²) >= 11 is 1.19. The van der Waals surface area contributed by atoms with Crippen molar-refractivity contribution in [3.63, 3.8) is 0 Å². The summed E-state index contributed by atoms with van der Waals surface area (Å²) in [5, 5.41) is 19.8. The highest BCUT2D eigenvalue weighted by atomic mass is 32.1. The molecule has 0 spiro atoms. The number of aromatic hydroxyl groups is 1. The number of carbonyl (C=O) groups excluding carboxylic acids is 1. The van der Waals surface area contributed by atoms with Gasteiger partial charge in [0.15, 0.2) is 16.5 Å². The summed E-state index contributed by atoms with van der Waals surface area (Å²) in [5.41, 5.74) is 0.966. The van der Waals surface area contributed by atoms with Crippen LogP contribution in [0.5, 0.6) is 5.75 Å². The van der Waals surface area contributed by atoms with E-state index < -0.39 is 11.2 Å². The molecule has 1 fully saturated rings. The van der Waals surface area contributed by atoms with E-state index in [1.54, 1.807) is 21.7 Å². The van der Waals surface area contributed by atoms with E-state index in [4.69, 9.17) is 0 Å². The van der Waals surface area contributed by atoms with Crippen molar-refractivity contribution in [2.45, 2.75) is 38.6 Å². The summed E-state index contributed by atoms with van der Waals surface area (Å²) in [6.45, 7) is 3.03. The molecule has 0 unspecified atom stereocenters. The second-order valence-corrected chi connectivity index (χ2v) is 9.21. The molecule has 31 heavy (non-hydrogen) atoms. The maximum absolute atomic E-state index is 14.2. The Hall–Kier alpha value is -3.07. The molecule has 1 aromatic carbocycles. The Bertz CT molecular complexity index is 1250. The van der Waals surface area contributed by atoms with E-state index in [9.17, 15) is 19.1 Å². The molecule has 4 heterocycles. The fourth-order valence-corrected chi connectivity index (χ4v) is 5.21. The number of pyridine rings is 1. The first-order valence-corrected chi connectivity index (χ1v) is 11.1. The first kappa shape index (κ1) is 19.9. The molecule has 2 aliphatic heterocycles. The fourth-order valence-electron chi connectivity index (χ4n) is 4.35. The molecule has 2 aromatic heterocycles. The van der Waals surface area contributed by atoms with Gasteiger partial charge in [-0.05, 0) is 43.4 Å². The topological polar surface area (TPSA) is 88.3 Å². The lowest BCUT2D eigenvalue weighted by atomic mass is 10.1. The van der Waals surface area contributed by atoms with E-state index in [1.165, 1.54) is 17.4 Å². The van der Waals surface area contributed by atoms with Crippen molar-refractivity contribution in [3.05, 3.63) is 62.3 Å². The third kappa shape index (κ3) is 3.42. The molecule has 1 amide bonds. The summed E-state index contributed by atoms with van der Waals surface area (Å²) in [6.07, 6.45) is 4.63. The van der Waals surface area contributed by atoms with Gasteiger partial charge in [0.25, 0.3) is 5.91 Å². The monoisotopic (exact) mass is 440 g/mol. The summed E-state index contributed by atoms with van der Waals surface area (Å²) in [5.74, 6) is -1.16. The molecule has 0 radical (unpaired) electrons. The lowest BCUT2D eigenvalue weighted by Gasteiger charge is -2.34. The van der Waals surface area contributed by atoms with Crippen molar-refractivity contribution in [2.24, 2.45) is 0 Å². The van der Waals surface area contributed by atoms with Gasteiger partial charge in [-0.2, -0.15) is 0 Å². The third-order valence-corrected chi connectivity index (χ3v) is 6.94. The van der Waals surface area contributed by atoms with E-state index in [1.807, 2.05) is 13.0 Å². The summed E-state index contributed by atoms with van der Waals surface area (Å²) in [6, 6.07) is 5.03. The average molecular weight is 441 g/mol. The summed E-state index contributed by atoms with van der Waals surface area (Å²) in [7, 11) is 0. The molecule has 160 valence electrons. The Kier molecular flexibility index (Phi) is 4.85. The lowest BCUT2D eigenvalue weighted by molar-refractivity contribution is 0.0679. The quantitative estimate of drug-likeness (QED) is 0.675. The van der Waals surface area contributed by atoms with Crippen LogP contribution in [0.25, 0.3) is 10.6 Å². The molecular weight excluding hydrogens is 419 g/mol. The molecule has 2 aliphatic rings. The summed E-state index contributed by atoms with van der Waals surface area (Å²) < 4.78 is 15.9. The average Bonchev–Trinajstić information content (AvgIpc) is 3.08. The standard InChI is InChI=1S/C22H21FN4O3S/c1-12-5-6-13(16(23)8-12)9-17-24-25-21(31-17)15-11-27-14-4-2-3-7-26(10-14)22(30)18(27)20(29)19(15)28/h5-6,8,11,14,29H,2-4,7,9-10H2,1H3/t14-/m0/s1. The molecule has 1 saturated heterocycles. The number of benzene rings is 1. The molecule has 9 heteroatoms. The number of aromatic nitrogens is 3. The van der Waals surface area contributed by atoms with Crippen LogP contribution in [0.4, 0.5) is 4.39 Å². The van der Waals surface area contributed by atoms with E-state index in [0.717, 1.165) is 24.8 Å². The van der Waals surface area contributed by atoms with Gasteiger partial charge in [0.2, 0.25) is 5.43 Å². The van der Waals surface area contributed by atoms with Crippen molar-refractivity contribution in [3.8, 4) is 16.3 Å². The first-order valence-electron chi connectivity index (χ1n) is 10.3. The van der Waals surface area contributed by atoms with Crippen LogP contribution in [0.1, 0.15) is 51.9 Å². The number of nitrogens with zero attached hydrogens (tertiary/aromatic N) is 4. The SMILES string of the molecule is Cc1ccc(Cc2nnc(-c3cn4c(c(O)c3=O)C(=O)N3CCCC[C@H]4C3)s2)c(F)c1. The predicted molar refractivity (Wildman–Crippen MR) is 114 cm³/mol. The van der Waals surface area contributed by atoms with Gasteiger partial charge >= 0.3 is 0 Å². The Morgan fingerprint density at radius 3 is 2.90 bits per heavy atom. The smallest absolute Gasteiger partial charge is 0.274 e. The normalized spacial score (nSPS) is 18.1. The summed E-state index contributed by atoms with van der Waals surface area (Å²) in [4.78, 5) is 27.4. The van der Waals surface area contributed by atoms with Gasteiger partial charge in [-0.25, -0.2) is 4.39 Å². The molecular formula is C22H21FN4O3S. The van der Waals surface area contributed by atoms with E-state index in [0.29, 0.717) is 28.7 Å². The van der Waals surface area contributed by atoms with Crippen molar-refractivity contribution < 1.29 is 14.3 Å². The Balaban J connectivity index is 1.53. The maximum atomic E-state index is 14.2. The Morgan fingerprint density at radius 2 is 2.10 bits per heavy atom. The minimum absolute atomic E-state index is 0.00879. The Morgan fingerprint density at radius 1 is 1.26 bits per heavy atom. The largest absolute Gasteiger partial charge is 0.503 e. The number of carbonyl (C=O) groups is 1. The molecule has 3 aromatic rings. The minimum Gasteiger partial charge on any atom is -0.503 e. The maximum Gasteiger partial charge on any atom is 0.274 e. The predicted octanol–water partition coefficient (Wildman–Crippen LogP) is 3.29. The highest BCUT2D eigenvalue weighted by Gasteiger charge is 2.36. The molecule has 7 nitrogen and oxygen atoms in total. The molecule has 1 atom stereocenters. The molecule has 0 aliphatic carbocycles. The number of fused-ring (bicyclic) bond motifs is 4. The van der Waals surface area contributed by atoms with Gasteiger partial charge in [0.1, 0.15) is 10.8 Å². The van der Waals surface area contributed by atoms with Crippen LogP contribution in [-0.4, -0.2) is 43.8 Å².